The van der Waals surface area contributed by atoms with Crippen LogP contribution in [0.25, 0.3) is 0 Å². The van der Waals surface area contributed by atoms with Gasteiger partial charge in [-0.15, -0.1) is 0 Å². The molecule has 6 heteroatoms. The molecular formula is C20H36N4O2. The summed E-state index contributed by atoms with van der Waals surface area (Å²) in [5.74, 6) is 1.93. The molecule has 0 spiro atoms. The average Bonchev–Trinajstić information content (AvgIpc) is 3.14. The summed E-state index contributed by atoms with van der Waals surface area (Å²) in [6, 6.07) is 4.43. The summed E-state index contributed by atoms with van der Waals surface area (Å²) in [4.78, 5) is 7.17. The van der Waals surface area contributed by atoms with Crippen LogP contribution in [0.4, 0.5) is 0 Å². The number of hydrogen-bond acceptors (Lipinski definition) is 4. The van der Waals surface area contributed by atoms with E-state index >= 15 is 0 Å². The largest absolute Gasteiger partial charge is 0.469 e. The van der Waals surface area contributed by atoms with Gasteiger partial charge in [-0.3, -0.25) is 4.99 Å². The van der Waals surface area contributed by atoms with E-state index in [1.54, 1.807) is 6.26 Å². The van der Waals surface area contributed by atoms with Gasteiger partial charge in [0.15, 0.2) is 5.96 Å². The number of piperidine rings is 1. The van der Waals surface area contributed by atoms with Crippen molar-refractivity contribution < 1.29 is 9.15 Å². The van der Waals surface area contributed by atoms with Gasteiger partial charge in [-0.25, -0.2) is 0 Å². The Bertz CT molecular complexity index is 494. The molecule has 0 bridgehead atoms. The number of aliphatic imine (C=N–C) groups is 1. The third-order valence-corrected chi connectivity index (χ3v) is 4.52. The van der Waals surface area contributed by atoms with Crippen molar-refractivity contribution in [1.82, 2.24) is 15.5 Å². The van der Waals surface area contributed by atoms with Crippen molar-refractivity contribution in [2.24, 2.45) is 4.99 Å². The van der Waals surface area contributed by atoms with Crippen molar-refractivity contribution in [2.45, 2.75) is 58.6 Å². The molecule has 1 saturated heterocycles. The summed E-state index contributed by atoms with van der Waals surface area (Å²) in [6.45, 7) is 12.1. The van der Waals surface area contributed by atoms with Crippen LogP contribution in [0.15, 0.2) is 27.8 Å². The first-order valence-electron chi connectivity index (χ1n) is 10.1. The highest BCUT2D eigenvalue weighted by Gasteiger charge is 2.19. The molecule has 1 fully saturated rings. The van der Waals surface area contributed by atoms with Crippen LogP contribution >= 0.6 is 0 Å². The zero-order valence-corrected chi connectivity index (χ0v) is 16.7. The van der Waals surface area contributed by atoms with Crippen molar-refractivity contribution in [1.29, 1.82) is 0 Å². The summed E-state index contributed by atoms with van der Waals surface area (Å²) in [5.41, 5.74) is 0. The lowest BCUT2D eigenvalue weighted by Crippen LogP contribution is -2.49. The quantitative estimate of drug-likeness (QED) is 0.494. The molecule has 0 amide bonds. The minimum Gasteiger partial charge on any atom is -0.469 e. The van der Waals surface area contributed by atoms with E-state index in [0.717, 1.165) is 76.7 Å². The van der Waals surface area contributed by atoms with E-state index in [1.165, 1.54) is 0 Å². The number of guanidine groups is 1. The molecular weight excluding hydrogens is 328 g/mol. The van der Waals surface area contributed by atoms with E-state index in [2.05, 4.69) is 41.3 Å². The van der Waals surface area contributed by atoms with Crippen LogP contribution in [0.5, 0.6) is 0 Å². The number of furan rings is 1. The smallest absolute Gasteiger partial charge is 0.191 e. The third-order valence-electron chi connectivity index (χ3n) is 4.52. The summed E-state index contributed by atoms with van der Waals surface area (Å²) < 4.78 is 11.1. The molecule has 1 aromatic rings. The number of likely N-dealkylation sites (tertiary alicyclic amines) is 1. The van der Waals surface area contributed by atoms with Crippen molar-refractivity contribution in [3.05, 3.63) is 24.2 Å². The van der Waals surface area contributed by atoms with Gasteiger partial charge in [-0.2, -0.15) is 0 Å². The fourth-order valence-corrected chi connectivity index (χ4v) is 3.05. The standard InChI is InChI=1S/C20H36N4O2/c1-4-10-21-20(22-11-7-19-6-5-15-26-19)23-18-8-12-24(13-9-18)14-16-25-17(2)3/h5-6,15,17-18H,4,7-14,16H2,1-3H3,(H2,21,22,23). The Labute approximate surface area is 158 Å². The van der Waals surface area contributed by atoms with E-state index in [9.17, 15) is 0 Å². The van der Waals surface area contributed by atoms with Gasteiger partial charge in [0.2, 0.25) is 0 Å². The number of hydrogen-bond donors (Lipinski definition) is 2. The fourth-order valence-electron chi connectivity index (χ4n) is 3.05. The predicted molar refractivity (Wildman–Crippen MR) is 107 cm³/mol. The van der Waals surface area contributed by atoms with E-state index in [-0.39, 0.29) is 0 Å². The summed E-state index contributed by atoms with van der Waals surface area (Å²) in [6.07, 6.45) is 6.26. The molecule has 2 heterocycles. The molecule has 6 nitrogen and oxygen atoms in total. The molecule has 0 aromatic carbocycles. The number of nitrogens with one attached hydrogen (secondary N) is 2. The minimum atomic E-state index is 0.318. The molecule has 1 aromatic heterocycles. The van der Waals surface area contributed by atoms with E-state index in [0.29, 0.717) is 12.1 Å². The van der Waals surface area contributed by atoms with Gasteiger partial charge in [0.05, 0.1) is 19.0 Å². The molecule has 26 heavy (non-hydrogen) atoms. The SMILES string of the molecule is CCCN=C(NCCc1ccco1)NC1CCN(CCOC(C)C)CC1. The maximum Gasteiger partial charge on any atom is 0.191 e. The molecule has 0 saturated carbocycles. The molecule has 148 valence electrons. The highest BCUT2D eigenvalue weighted by Crippen LogP contribution is 2.10. The maximum atomic E-state index is 5.66. The number of rotatable bonds is 10. The Hall–Kier alpha value is -1.53. The van der Waals surface area contributed by atoms with Crippen LogP contribution < -0.4 is 10.6 Å². The molecule has 0 aliphatic carbocycles. The summed E-state index contributed by atoms with van der Waals surface area (Å²) in [5, 5.41) is 7.06. The normalized spacial score (nSPS) is 17.0. The average molecular weight is 365 g/mol. The Morgan fingerprint density at radius 2 is 2.19 bits per heavy atom. The van der Waals surface area contributed by atoms with Crippen molar-refractivity contribution in [3.63, 3.8) is 0 Å². The highest BCUT2D eigenvalue weighted by atomic mass is 16.5. The first-order chi connectivity index (χ1) is 12.7. The van der Waals surface area contributed by atoms with Crippen LogP contribution in [0.1, 0.15) is 45.8 Å². The van der Waals surface area contributed by atoms with Gasteiger partial charge in [0.1, 0.15) is 5.76 Å². The maximum absolute atomic E-state index is 5.66. The Balaban J connectivity index is 1.69. The Morgan fingerprint density at radius 1 is 1.38 bits per heavy atom. The molecule has 2 rings (SSSR count). The molecule has 1 aliphatic rings. The van der Waals surface area contributed by atoms with Gasteiger partial charge in [-0.1, -0.05) is 6.92 Å². The number of ether oxygens (including phenoxy) is 1. The van der Waals surface area contributed by atoms with Gasteiger partial charge in [0, 0.05) is 45.2 Å². The lowest BCUT2D eigenvalue weighted by molar-refractivity contribution is 0.0532. The zero-order chi connectivity index (χ0) is 18.6. The number of nitrogens with zero attached hydrogens (tertiary/aromatic N) is 2. The van der Waals surface area contributed by atoms with Crippen LogP contribution in [-0.2, 0) is 11.2 Å². The second kappa shape index (κ2) is 12.0. The second-order valence-corrected chi connectivity index (χ2v) is 7.17. The predicted octanol–water partition coefficient (Wildman–Crippen LogP) is 2.66. The molecule has 2 N–H and O–H groups in total. The summed E-state index contributed by atoms with van der Waals surface area (Å²) >= 11 is 0. The van der Waals surface area contributed by atoms with Gasteiger partial charge in [-0.05, 0) is 45.2 Å². The van der Waals surface area contributed by atoms with Crippen LogP contribution in [0.2, 0.25) is 0 Å². The van der Waals surface area contributed by atoms with Crippen LogP contribution in [0.3, 0.4) is 0 Å². The van der Waals surface area contributed by atoms with Gasteiger partial charge in [0.25, 0.3) is 0 Å². The van der Waals surface area contributed by atoms with Crippen molar-refractivity contribution in [3.8, 4) is 0 Å². The molecule has 0 unspecified atom stereocenters. The van der Waals surface area contributed by atoms with Crippen LogP contribution in [-0.4, -0.2) is 62.3 Å². The molecule has 0 atom stereocenters. The highest BCUT2D eigenvalue weighted by molar-refractivity contribution is 5.80. The molecule has 0 radical (unpaired) electrons. The molecule has 1 aliphatic heterocycles. The van der Waals surface area contributed by atoms with Gasteiger partial charge >= 0.3 is 0 Å². The third kappa shape index (κ3) is 8.23. The van der Waals surface area contributed by atoms with Crippen molar-refractivity contribution >= 4 is 5.96 Å². The van der Waals surface area contributed by atoms with Crippen molar-refractivity contribution in [2.75, 3.05) is 39.3 Å². The second-order valence-electron chi connectivity index (χ2n) is 7.17. The monoisotopic (exact) mass is 364 g/mol. The van der Waals surface area contributed by atoms with Crippen LogP contribution in [0, 0.1) is 0 Å². The minimum absolute atomic E-state index is 0.318. The van der Waals surface area contributed by atoms with E-state index < -0.39 is 0 Å². The van der Waals surface area contributed by atoms with E-state index in [1.807, 2.05) is 12.1 Å². The summed E-state index contributed by atoms with van der Waals surface area (Å²) in [7, 11) is 0. The first kappa shape index (κ1) is 20.8. The zero-order valence-electron chi connectivity index (χ0n) is 16.7. The first-order valence-corrected chi connectivity index (χ1v) is 10.1. The van der Waals surface area contributed by atoms with E-state index in [4.69, 9.17) is 9.15 Å². The lowest BCUT2D eigenvalue weighted by atomic mass is 10.1. The topological polar surface area (TPSA) is 62.0 Å². The lowest BCUT2D eigenvalue weighted by Gasteiger charge is -2.33. The Kier molecular flexibility index (Phi) is 9.56. The fraction of sp³-hybridized carbons (Fsp3) is 0.750. The van der Waals surface area contributed by atoms with Gasteiger partial charge < -0.3 is 24.7 Å². The Morgan fingerprint density at radius 3 is 2.85 bits per heavy atom.